The minimum atomic E-state index is -4.13. The summed E-state index contributed by atoms with van der Waals surface area (Å²) >= 11 is 5.75. The summed E-state index contributed by atoms with van der Waals surface area (Å²) in [4.78, 5) is 23.7. The molecule has 0 aliphatic carbocycles. The van der Waals surface area contributed by atoms with Gasteiger partial charge < -0.3 is 9.53 Å². The lowest BCUT2D eigenvalue weighted by Gasteiger charge is -2.40. The molecule has 0 N–H and O–H groups in total. The zero-order valence-electron chi connectivity index (χ0n) is 12.2. The van der Waals surface area contributed by atoms with Gasteiger partial charge in [-0.3, -0.25) is 4.79 Å². The number of benzene rings is 1. The van der Waals surface area contributed by atoms with Crippen molar-refractivity contribution in [3.63, 3.8) is 0 Å². The van der Waals surface area contributed by atoms with Crippen molar-refractivity contribution in [2.45, 2.75) is 30.9 Å². The molecule has 1 saturated heterocycles. The van der Waals surface area contributed by atoms with E-state index >= 15 is 0 Å². The molecule has 120 valence electrons. The summed E-state index contributed by atoms with van der Waals surface area (Å²) in [6.45, 7) is 1.43. The molecule has 1 amide bonds. The van der Waals surface area contributed by atoms with Crippen LogP contribution in [-0.4, -0.2) is 38.3 Å². The second-order valence-corrected chi connectivity index (χ2v) is 7.58. The Morgan fingerprint density at radius 2 is 1.95 bits per heavy atom. The number of ether oxygens (including phenoxy) is 1. The summed E-state index contributed by atoms with van der Waals surface area (Å²) in [5, 5.41) is 0.380. The van der Waals surface area contributed by atoms with Crippen molar-refractivity contribution in [3.05, 3.63) is 29.3 Å². The van der Waals surface area contributed by atoms with E-state index in [1.54, 1.807) is 0 Å². The van der Waals surface area contributed by atoms with Crippen molar-refractivity contribution in [2.75, 3.05) is 7.11 Å². The minimum Gasteiger partial charge on any atom is -0.360 e. The Labute approximate surface area is 134 Å². The molecule has 0 aromatic heterocycles. The van der Waals surface area contributed by atoms with Gasteiger partial charge in [0.05, 0.1) is 4.90 Å². The van der Waals surface area contributed by atoms with Gasteiger partial charge in [-0.05, 0) is 44.0 Å². The van der Waals surface area contributed by atoms with Crippen LogP contribution in [0.25, 0.3) is 0 Å². The Balaban J connectivity index is 2.51. The molecule has 0 spiro atoms. The summed E-state index contributed by atoms with van der Waals surface area (Å²) < 4.78 is 31.3. The standard InChI is InChI=1S/C14H16ClNO5S/c1-14(9-17)8-7-12(21-2)16(13(14)18)22(19,20)11-5-3-10(15)4-6-11/h3-6,9,12H,7-8H2,1-2H3/t12-,14-/m0/s1. The maximum atomic E-state index is 12.7. The number of rotatable bonds is 4. The van der Waals surface area contributed by atoms with E-state index < -0.39 is 27.6 Å². The summed E-state index contributed by atoms with van der Waals surface area (Å²) in [5.41, 5.74) is -1.37. The molecule has 8 heteroatoms. The third kappa shape index (κ3) is 2.76. The van der Waals surface area contributed by atoms with E-state index in [1.165, 1.54) is 38.3 Å². The van der Waals surface area contributed by atoms with Crippen LogP contribution in [0.4, 0.5) is 0 Å². The van der Waals surface area contributed by atoms with Gasteiger partial charge in [-0.15, -0.1) is 0 Å². The maximum Gasteiger partial charge on any atom is 0.268 e. The van der Waals surface area contributed by atoms with E-state index in [2.05, 4.69) is 0 Å². The third-order valence-corrected chi connectivity index (χ3v) is 5.80. The fourth-order valence-corrected chi connectivity index (χ4v) is 4.10. The molecule has 1 aromatic rings. The van der Waals surface area contributed by atoms with Crippen LogP contribution in [0.15, 0.2) is 29.2 Å². The highest BCUT2D eigenvalue weighted by Gasteiger charge is 2.49. The number of sulfonamides is 1. The lowest BCUT2D eigenvalue weighted by molar-refractivity contribution is -0.154. The molecule has 0 unspecified atom stereocenters. The molecule has 6 nitrogen and oxygen atoms in total. The molecule has 1 aliphatic heterocycles. The van der Waals surface area contributed by atoms with Crippen molar-refractivity contribution >= 4 is 33.8 Å². The average Bonchev–Trinajstić information content (AvgIpc) is 2.50. The number of halogens is 1. The van der Waals surface area contributed by atoms with Crippen LogP contribution in [0.5, 0.6) is 0 Å². The van der Waals surface area contributed by atoms with Gasteiger partial charge >= 0.3 is 0 Å². The molecular formula is C14H16ClNO5S. The molecular weight excluding hydrogens is 330 g/mol. The third-order valence-electron chi connectivity index (χ3n) is 3.76. The number of aldehydes is 1. The molecule has 0 bridgehead atoms. The van der Waals surface area contributed by atoms with Gasteiger partial charge in [-0.2, -0.15) is 0 Å². The van der Waals surface area contributed by atoms with Crippen LogP contribution in [0, 0.1) is 5.41 Å². The Kier molecular flexibility index (Phi) is 4.60. The molecule has 0 radical (unpaired) electrons. The molecule has 1 aromatic carbocycles. The molecule has 2 atom stereocenters. The summed E-state index contributed by atoms with van der Waals surface area (Å²) in [6, 6.07) is 5.46. The summed E-state index contributed by atoms with van der Waals surface area (Å²) in [7, 11) is -2.80. The van der Waals surface area contributed by atoms with Crippen LogP contribution in [-0.2, 0) is 24.3 Å². The molecule has 0 saturated carbocycles. The lowest BCUT2D eigenvalue weighted by Crippen LogP contribution is -2.56. The zero-order valence-corrected chi connectivity index (χ0v) is 13.7. The fourth-order valence-electron chi connectivity index (χ4n) is 2.34. The van der Waals surface area contributed by atoms with Gasteiger partial charge in [0.15, 0.2) is 0 Å². The minimum absolute atomic E-state index is 0.0811. The highest BCUT2D eigenvalue weighted by atomic mass is 35.5. The first-order valence-electron chi connectivity index (χ1n) is 6.60. The van der Waals surface area contributed by atoms with Gasteiger partial charge in [0.1, 0.15) is 17.9 Å². The SMILES string of the molecule is CO[C@H]1CC[C@@](C)(C=O)C(=O)N1S(=O)(=O)c1ccc(Cl)cc1. The number of hydrogen-bond donors (Lipinski definition) is 0. The van der Waals surface area contributed by atoms with Gasteiger partial charge in [0.25, 0.3) is 15.9 Å². The molecule has 22 heavy (non-hydrogen) atoms. The van der Waals surface area contributed by atoms with Gasteiger partial charge in [-0.25, -0.2) is 12.7 Å². The Hall–Kier alpha value is -1.44. The lowest BCUT2D eigenvalue weighted by atomic mass is 9.83. The van der Waals surface area contributed by atoms with E-state index in [0.29, 0.717) is 15.6 Å². The summed E-state index contributed by atoms with van der Waals surface area (Å²) in [5.74, 6) is -0.782. The molecule has 2 rings (SSSR count). The van der Waals surface area contributed by atoms with Crippen molar-refractivity contribution in [2.24, 2.45) is 5.41 Å². The first-order chi connectivity index (χ1) is 10.3. The highest BCUT2D eigenvalue weighted by molar-refractivity contribution is 7.89. The number of piperidine rings is 1. The second-order valence-electron chi connectivity index (χ2n) is 5.32. The van der Waals surface area contributed by atoms with Gasteiger partial charge in [0.2, 0.25) is 0 Å². The van der Waals surface area contributed by atoms with E-state index in [1.807, 2.05) is 0 Å². The second kappa shape index (κ2) is 5.98. The Bertz CT molecular complexity index is 688. The quantitative estimate of drug-likeness (QED) is 0.614. The van der Waals surface area contributed by atoms with Crippen molar-refractivity contribution < 1.29 is 22.7 Å². The van der Waals surface area contributed by atoms with Crippen molar-refractivity contribution in [3.8, 4) is 0 Å². The predicted molar refractivity (Wildman–Crippen MR) is 79.7 cm³/mol. The molecule has 1 fully saturated rings. The summed E-state index contributed by atoms with van der Waals surface area (Å²) in [6.07, 6.45) is 0.0531. The zero-order chi connectivity index (χ0) is 16.5. The number of hydrogen-bond acceptors (Lipinski definition) is 5. The normalized spacial score (nSPS) is 26.0. The van der Waals surface area contributed by atoms with E-state index in [0.717, 1.165) is 0 Å². The number of amides is 1. The smallest absolute Gasteiger partial charge is 0.268 e. The van der Waals surface area contributed by atoms with E-state index in [4.69, 9.17) is 16.3 Å². The van der Waals surface area contributed by atoms with Crippen LogP contribution < -0.4 is 0 Å². The number of carbonyl (C=O) groups excluding carboxylic acids is 2. The molecule has 1 heterocycles. The van der Waals surface area contributed by atoms with Crippen molar-refractivity contribution in [1.82, 2.24) is 4.31 Å². The predicted octanol–water partition coefficient (Wildman–Crippen LogP) is 1.83. The largest absolute Gasteiger partial charge is 0.360 e. The van der Waals surface area contributed by atoms with Crippen LogP contribution in [0.3, 0.4) is 0 Å². The van der Waals surface area contributed by atoms with Crippen LogP contribution in [0.2, 0.25) is 5.02 Å². The monoisotopic (exact) mass is 345 g/mol. The molecule has 1 aliphatic rings. The average molecular weight is 346 g/mol. The first kappa shape index (κ1) is 16.9. The highest BCUT2D eigenvalue weighted by Crippen LogP contribution is 2.36. The van der Waals surface area contributed by atoms with E-state index in [9.17, 15) is 18.0 Å². The number of methoxy groups -OCH3 is 1. The van der Waals surface area contributed by atoms with E-state index in [-0.39, 0.29) is 17.7 Å². The fraction of sp³-hybridized carbons (Fsp3) is 0.429. The first-order valence-corrected chi connectivity index (χ1v) is 8.41. The number of carbonyl (C=O) groups is 2. The Morgan fingerprint density at radius 1 is 1.36 bits per heavy atom. The Morgan fingerprint density at radius 3 is 2.45 bits per heavy atom. The topological polar surface area (TPSA) is 80.8 Å². The number of nitrogens with zero attached hydrogens (tertiary/aromatic N) is 1. The van der Waals surface area contributed by atoms with Crippen LogP contribution in [0.1, 0.15) is 19.8 Å². The maximum absolute atomic E-state index is 12.7. The van der Waals surface area contributed by atoms with Gasteiger partial charge in [0, 0.05) is 12.1 Å². The van der Waals surface area contributed by atoms with Crippen molar-refractivity contribution in [1.29, 1.82) is 0 Å². The van der Waals surface area contributed by atoms with Crippen LogP contribution >= 0.6 is 11.6 Å². The van der Waals surface area contributed by atoms with Gasteiger partial charge in [-0.1, -0.05) is 11.6 Å².